The molecule has 2 amide bonds. The Morgan fingerprint density at radius 1 is 1.38 bits per heavy atom. The van der Waals surface area contributed by atoms with Crippen LogP contribution in [-0.2, 0) is 10.0 Å². The minimum absolute atomic E-state index is 0.0290. The van der Waals surface area contributed by atoms with E-state index in [2.05, 4.69) is 15.3 Å². The lowest BCUT2D eigenvalue weighted by molar-refractivity contribution is 0.256. The van der Waals surface area contributed by atoms with E-state index in [-0.39, 0.29) is 11.7 Å². The molecule has 2 aromatic rings. The van der Waals surface area contributed by atoms with Crippen molar-refractivity contribution in [2.24, 2.45) is 0 Å². The minimum Gasteiger partial charge on any atom is -0.446 e. The summed E-state index contributed by atoms with van der Waals surface area (Å²) in [6.45, 7) is 1.97. The molecule has 0 aliphatic heterocycles. The molecule has 0 unspecified atom stereocenters. The minimum atomic E-state index is -3.65. The summed E-state index contributed by atoms with van der Waals surface area (Å²) in [5, 5.41) is 2.95. The number of hydrogen-bond donors (Lipinski definition) is 2. The molecule has 0 aliphatic rings. The van der Waals surface area contributed by atoms with Gasteiger partial charge in [0.05, 0.1) is 17.4 Å². The lowest BCUT2D eigenvalue weighted by Crippen LogP contribution is -2.36. The molecule has 0 atom stereocenters. The van der Waals surface area contributed by atoms with E-state index in [0.717, 1.165) is 12.8 Å². The van der Waals surface area contributed by atoms with Crippen LogP contribution in [0.2, 0.25) is 0 Å². The zero-order valence-corrected chi connectivity index (χ0v) is 12.3. The van der Waals surface area contributed by atoms with Gasteiger partial charge >= 0.3 is 6.03 Å². The summed E-state index contributed by atoms with van der Waals surface area (Å²) in [4.78, 5) is 19.4. The number of nitrogens with one attached hydrogen (secondary N) is 2. The maximum atomic E-state index is 11.6. The Morgan fingerprint density at radius 3 is 2.95 bits per heavy atom. The number of unbranched alkanes of at least 4 members (excludes halogenated alkanes) is 2. The first-order valence-electron chi connectivity index (χ1n) is 6.52. The molecule has 21 heavy (non-hydrogen) atoms. The largest absolute Gasteiger partial charge is 0.446 e. The molecule has 0 fully saturated rings. The molecule has 0 saturated carbocycles. The molecule has 2 N–H and O–H groups in total. The molecule has 9 heteroatoms. The van der Waals surface area contributed by atoms with Crippen LogP contribution in [-0.4, -0.2) is 30.2 Å². The van der Waals surface area contributed by atoms with Crippen LogP contribution in [0, 0.1) is 0 Å². The van der Waals surface area contributed by atoms with Gasteiger partial charge < -0.3 is 4.42 Å². The van der Waals surface area contributed by atoms with Gasteiger partial charge in [-0.05, 0) is 12.5 Å². The van der Waals surface area contributed by atoms with Gasteiger partial charge in [0.2, 0.25) is 21.7 Å². The second-order valence-corrected chi connectivity index (χ2v) is 6.30. The zero-order valence-electron chi connectivity index (χ0n) is 11.5. The van der Waals surface area contributed by atoms with E-state index in [1.807, 2.05) is 11.6 Å². The zero-order chi connectivity index (χ0) is 15.3. The third-order valence-electron chi connectivity index (χ3n) is 2.70. The van der Waals surface area contributed by atoms with Crippen molar-refractivity contribution in [3.8, 4) is 0 Å². The van der Waals surface area contributed by atoms with Gasteiger partial charge in [0.15, 0.2) is 0 Å². The first-order valence-corrected chi connectivity index (χ1v) is 8.17. The summed E-state index contributed by atoms with van der Waals surface area (Å²) in [6, 6.07) is 0.787. The number of fused-ring (bicyclic) bond motifs is 1. The van der Waals surface area contributed by atoms with Crippen molar-refractivity contribution in [2.45, 2.75) is 26.2 Å². The summed E-state index contributed by atoms with van der Waals surface area (Å²) in [5.41, 5.74) is 0.311. The summed E-state index contributed by atoms with van der Waals surface area (Å²) >= 11 is 0. The fourth-order valence-corrected chi connectivity index (χ4v) is 2.70. The van der Waals surface area contributed by atoms with Crippen LogP contribution in [0.4, 0.5) is 10.7 Å². The van der Waals surface area contributed by atoms with Crippen molar-refractivity contribution in [1.29, 1.82) is 0 Å². The van der Waals surface area contributed by atoms with E-state index < -0.39 is 16.1 Å². The Kier molecular flexibility index (Phi) is 4.73. The van der Waals surface area contributed by atoms with Gasteiger partial charge in [-0.25, -0.2) is 22.9 Å². The molecule has 0 bridgehead atoms. The highest BCUT2D eigenvalue weighted by atomic mass is 32.2. The van der Waals surface area contributed by atoms with Crippen molar-refractivity contribution in [3.05, 3.63) is 18.5 Å². The number of rotatable bonds is 6. The normalized spacial score (nSPS) is 11.5. The average Bonchev–Trinajstić information content (AvgIpc) is 2.85. The van der Waals surface area contributed by atoms with E-state index in [1.54, 1.807) is 6.07 Å². The number of carbonyl (C=O) groups excluding carboxylic acids is 1. The van der Waals surface area contributed by atoms with Crippen LogP contribution in [0.5, 0.6) is 0 Å². The van der Waals surface area contributed by atoms with Gasteiger partial charge in [0, 0.05) is 6.20 Å². The maximum absolute atomic E-state index is 11.6. The number of aromatic nitrogens is 2. The Balaban J connectivity index is 1.94. The van der Waals surface area contributed by atoms with Gasteiger partial charge in [-0.15, -0.1) is 0 Å². The maximum Gasteiger partial charge on any atom is 0.335 e. The van der Waals surface area contributed by atoms with E-state index in [1.165, 1.54) is 12.5 Å². The van der Waals surface area contributed by atoms with Crippen LogP contribution in [0.15, 0.2) is 22.9 Å². The lowest BCUT2D eigenvalue weighted by Gasteiger charge is -2.07. The van der Waals surface area contributed by atoms with E-state index in [4.69, 9.17) is 4.42 Å². The third kappa shape index (κ3) is 4.42. The average molecular weight is 312 g/mol. The Morgan fingerprint density at radius 2 is 2.19 bits per heavy atom. The summed E-state index contributed by atoms with van der Waals surface area (Å²) < 4.78 is 30.3. The predicted octanol–water partition coefficient (Wildman–Crippen LogP) is 1.86. The first kappa shape index (κ1) is 15.2. The molecular formula is C12H16N4O4S. The number of nitrogens with zero attached hydrogens (tertiary/aromatic N) is 2. The van der Waals surface area contributed by atoms with Gasteiger partial charge in [0.1, 0.15) is 0 Å². The van der Waals surface area contributed by atoms with Gasteiger partial charge in [-0.2, -0.15) is 4.98 Å². The van der Waals surface area contributed by atoms with Gasteiger partial charge in [-0.1, -0.05) is 19.8 Å². The number of hydrogen-bond acceptors (Lipinski definition) is 6. The number of furan rings is 1. The van der Waals surface area contributed by atoms with E-state index in [9.17, 15) is 13.2 Å². The van der Waals surface area contributed by atoms with Gasteiger partial charge in [-0.3, -0.25) is 5.32 Å². The molecule has 0 spiro atoms. The molecule has 8 nitrogen and oxygen atoms in total. The van der Waals surface area contributed by atoms with Crippen LogP contribution < -0.4 is 10.0 Å². The highest BCUT2D eigenvalue weighted by molar-refractivity contribution is 7.90. The number of carbonyl (C=O) groups is 1. The number of sulfonamides is 1. The van der Waals surface area contributed by atoms with Crippen molar-refractivity contribution < 1.29 is 17.6 Å². The SMILES string of the molecule is CCCCCS(=O)(=O)NC(=O)Nc1ncc2ccoc2n1. The van der Waals surface area contributed by atoms with Crippen LogP contribution >= 0.6 is 0 Å². The fraction of sp³-hybridized carbons (Fsp3) is 0.417. The number of amides is 2. The molecule has 0 radical (unpaired) electrons. The third-order valence-corrected chi connectivity index (χ3v) is 4.02. The van der Waals surface area contributed by atoms with Crippen molar-refractivity contribution in [3.63, 3.8) is 0 Å². The van der Waals surface area contributed by atoms with Crippen molar-refractivity contribution >= 4 is 33.1 Å². The van der Waals surface area contributed by atoms with Crippen LogP contribution in [0.1, 0.15) is 26.2 Å². The number of urea groups is 1. The molecule has 0 aliphatic carbocycles. The smallest absolute Gasteiger partial charge is 0.335 e. The van der Waals surface area contributed by atoms with Crippen LogP contribution in [0.3, 0.4) is 0 Å². The highest BCUT2D eigenvalue weighted by Crippen LogP contribution is 2.12. The van der Waals surface area contributed by atoms with Gasteiger partial charge in [0.25, 0.3) is 0 Å². The standard InChI is InChI=1S/C12H16N4O4S/c1-2-3-4-7-21(18,19)16-12(17)15-11-13-8-9-5-6-20-10(9)14-11/h5-6,8H,2-4,7H2,1H3,(H2,13,14,15,16,17). The lowest BCUT2D eigenvalue weighted by atomic mass is 10.3. The predicted molar refractivity (Wildman–Crippen MR) is 77.3 cm³/mol. The Bertz CT molecular complexity index is 726. The number of anilines is 1. The molecule has 0 aromatic carbocycles. The summed E-state index contributed by atoms with van der Waals surface area (Å²) in [5.74, 6) is -0.120. The summed E-state index contributed by atoms with van der Waals surface area (Å²) in [7, 11) is -3.65. The molecule has 114 valence electrons. The quantitative estimate of drug-likeness (QED) is 0.787. The molecular weight excluding hydrogens is 296 g/mol. The first-order chi connectivity index (χ1) is 10.00. The monoisotopic (exact) mass is 312 g/mol. The van der Waals surface area contributed by atoms with Crippen LogP contribution in [0.25, 0.3) is 11.1 Å². The van der Waals surface area contributed by atoms with Crippen molar-refractivity contribution in [1.82, 2.24) is 14.7 Å². The fourth-order valence-electron chi connectivity index (χ4n) is 1.68. The second-order valence-electron chi connectivity index (χ2n) is 4.46. The Hall–Kier alpha value is -2.16. The molecule has 2 heterocycles. The van der Waals surface area contributed by atoms with E-state index >= 15 is 0 Å². The molecule has 2 aromatic heterocycles. The molecule has 2 rings (SSSR count). The van der Waals surface area contributed by atoms with Crippen molar-refractivity contribution in [2.75, 3.05) is 11.1 Å². The summed E-state index contributed by atoms with van der Waals surface area (Å²) in [6.07, 6.45) is 5.12. The van der Waals surface area contributed by atoms with E-state index in [0.29, 0.717) is 17.5 Å². The Labute approximate surface area is 122 Å². The topological polar surface area (TPSA) is 114 Å². The second kappa shape index (κ2) is 6.53. The molecule has 0 saturated heterocycles. The highest BCUT2D eigenvalue weighted by Gasteiger charge is 2.15.